The summed E-state index contributed by atoms with van der Waals surface area (Å²) in [5.41, 5.74) is 0.295. The van der Waals surface area contributed by atoms with Gasteiger partial charge < -0.3 is 15.1 Å². The number of piperazine rings is 1. The van der Waals surface area contributed by atoms with Crippen LogP contribution in [0.2, 0.25) is 0 Å². The van der Waals surface area contributed by atoms with Crippen LogP contribution in [0.3, 0.4) is 0 Å². The third-order valence-corrected chi connectivity index (χ3v) is 6.91. The smallest absolute Gasteiger partial charge is 0.264 e. The molecule has 24 heavy (non-hydrogen) atoms. The van der Waals surface area contributed by atoms with Gasteiger partial charge in [-0.25, -0.2) is 0 Å². The minimum atomic E-state index is 0.112. The van der Waals surface area contributed by atoms with E-state index in [1.165, 1.54) is 0 Å². The number of hydrogen-bond acceptors (Lipinski definition) is 4. The van der Waals surface area contributed by atoms with Gasteiger partial charge in [0.1, 0.15) is 0 Å². The van der Waals surface area contributed by atoms with Crippen LogP contribution >= 0.6 is 11.3 Å². The van der Waals surface area contributed by atoms with Gasteiger partial charge in [0.2, 0.25) is 5.91 Å². The number of carbonyl (C=O) groups excluding carboxylic acids is 2. The van der Waals surface area contributed by atoms with Gasteiger partial charge in [-0.3, -0.25) is 9.59 Å². The fraction of sp³-hybridized carbons (Fsp3) is 0.667. The van der Waals surface area contributed by atoms with E-state index in [2.05, 4.69) is 5.32 Å². The lowest BCUT2D eigenvalue weighted by molar-refractivity contribution is -0.135. The van der Waals surface area contributed by atoms with Gasteiger partial charge in [0, 0.05) is 37.0 Å². The number of amides is 2. The van der Waals surface area contributed by atoms with Crippen molar-refractivity contribution in [3.05, 3.63) is 21.9 Å². The van der Waals surface area contributed by atoms with E-state index in [-0.39, 0.29) is 11.8 Å². The predicted octanol–water partition coefficient (Wildman–Crippen LogP) is 1.73. The normalized spacial score (nSPS) is 25.8. The first-order valence-corrected chi connectivity index (χ1v) is 9.76. The second-order valence-electron chi connectivity index (χ2n) is 7.40. The molecule has 1 saturated carbocycles. The minimum absolute atomic E-state index is 0.112. The van der Waals surface area contributed by atoms with Crippen molar-refractivity contribution in [1.29, 1.82) is 0 Å². The highest BCUT2D eigenvalue weighted by Gasteiger charge is 2.58. The molecule has 3 aliphatic rings. The van der Waals surface area contributed by atoms with E-state index in [0.717, 1.165) is 42.1 Å². The third-order valence-electron chi connectivity index (χ3n) is 5.92. The van der Waals surface area contributed by atoms with Gasteiger partial charge in [-0.15, -0.1) is 11.3 Å². The lowest BCUT2D eigenvalue weighted by atomic mass is 9.91. The van der Waals surface area contributed by atoms with E-state index in [9.17, 15) is 9.59 Å². The Balaban J connectivity index is 1.32. The van der Waals surface area contributed by atoms with Crippen molar-refractivity contribution >= 4 is 23.2 Å². The van der Waals surface area contributed by atoms with E-state index < -0.39 is 0 Å². The molecule has 4 rings (SSSR count). The molecule has 1 aromatic heterocycles. The fourth-order valence-corrected chi connectivity index (χ4v) is 5.07. The first-order valence-electron chi connectivity index (χ1n) is 8.94. The van der Waals surface area contributed by atoms with Crippen molar-refractivity contribution in [3.8, 4) is 0 Å². The van der Waals surface area contributed by atoms with Crippen LogP contribution in [-0.2, 0) is 4.79 Å². The molecule has 1 N–H and O–H groups in total. The van der Waals surface area contributed by atoms with Gasteiger partial charge in [0.05, 0.1) is 4.88 Å². The number of nitrogens with zero attached hydrogens (tertiary/aromatic N) is 2. The van der Waals surface area contributed by atoms with Crippen LogP contribution < -0.4 is 5.32 Å². The van der Waals surface area contributed by atoms with Crippen LogP contribution in [0.5, 0.6) is 0 Å². The second-order valence-corrected chi connectivity index (χ2v) is 8.68. The summed E-state index contributed by atoms with van der Waals surface area (Å²) in [4.78, 5) is 31.1. The zero-order valence-electron chi connectivity index (χ0n) is 14.2. The topological polar surface area (TPSA) is 52.7 Å². The Morgan fingerprint density at radius 2 is 1.79 bits per heavy atom. The van der Waals surface area contributed by atoms with Crippen LogP contribution in [0.1, 0.15) is 33.8 Å². The molecule has 1 aliphatic carbocycles. The van der Waals surface area contributed by atoms with Gasteiger partial charge in [-0.1, -0.05) is 0 Å². The molecule has 2 aliphatic heterocycles. The molecule has 6 heteroatoms. The van der Waals surface area contributed by atoms with Gasteiger partial charge in [-0.2, -0.15) is 0 Å². The molecule has 0 radical (unpaired) electrons. The number of thiophene rings is 1. The summed E-state index contributed by atoms with van der Waals surface area (Å²) in [6.07, 6.45) is 3.35. The fourth-order valence-electron chi connectivity index (χ4n) is 4.23. The lowest BCUT2D eigenvalue weighted by Crippen LogP contribution is -2.51. The van der Waals surface area contributed by atoms with E-state index >= 15 is 0 Å². The Bertz CT molecular complexity index is 642. The first-order chi connectivity index (χ1) is 11.6. The van der Waals surface area contributed by atoms with Crippen molar-refractivity contribution in [3.63, 3.8) is 0 Å². The molecule has 5 nitrogen and oxygen atoms in total. The standard InChI is InChI=1S/C18H25N3O2S/c1-13-2-3-15(24-13)17(23)21-10-8-20(9-11-21)16(22)14-12-18(14)4-6-19-7-5-18/h2-3,14,19H,4-12H2,1H3. The molecule has 1 spiro atoms. The summed E-state index contributed by atoms with van der Waals surface area (Å²) < 4.78 is 0. The van der Waals surface area contributed by atoms with Crippen LogP contribution in [0.25, 0.3) is 0 Å². The monoisotopic (exact) mass is 347 g/mol. The highest BCUT2D eigenvalue weighted by atomic mass is 32.1. The van der Waals surface area contributed by atoms with Crippen LogP contribution in [0, 0.1) is 18.3 Å². The van der Waals surface area contributed by atoms with Gasteiger partial charge in [-0.05, 0) is 56.8 Å². The van der Waals surface area contributed by atoms with Crippen molar-refractivity contribution in [2.45, 2.75) is 26.2 Å². The van der Waals surface area contributed by atoms with Crippen LogP contribution in [0.15, 0.2) is 12.1 Å². The van der Waals surface area contributed by atoms with Crippen molar-refractivity contribution in [2.75, 3.05) is 39.3 Å². The Labute approximate surface area is 147 Å². The highest BCUT2D eigenvalue weighted by molar-refractivity contribution is 7.13. The zero-order chi connectivity index (χ0) is 16.7. The Morgan fingerprint density at radius 1 is 1.12 bits per heavy atom. The number of piperidine rings is 1. The second kappa shape index (κ2) is 6.15. The summed E-state index contributed by atoms with van der Waals surface area (Å²) in [5, 5.41) is 3.39. The minimum Gasteiger partial charge on any atom is -0.339 e. The molecule has 3 fully saturated rings. The van der Waals surface area contributed by atoms with E-state index in [4.69, 9.17) is 0 Å². The Hall–Kier alpha value is -1.40. The maximum atomic E-state index is 12.8. The largest absolute Gasteiger partial charge is 0.339 e. The summed E-state index contributed by atoms with van der Waals surface area (Å²) in [5.74, 6) is 0.680. The molecule has 0 bridgehead atoms. The maximum absolute atomic E-state index is 12.8. The number of nitrogens with one attached hydrogen (secondary N) is 1. The molecule has 1 aromatic rings. The zero-order valence-corrected chi connectivity index (χ0v) is 15.0. The third kappa shape index (κ3) is 2.86. The summed E-state index contributed by atoms with van der Waals surface area (Å²) >= 11 is 1.55. The Morgan fingerprint density at radius 3 is 2.42 bits per heavy atom. The van der Waals surface area contributed by atoms with E-state index in [1.807, 2.05) is 28.9 Å². The summed E-state index contributed by atoms with van der Waals surface area (Å²) in [6.45, 7) is 6.79. The molecule has 1 unspecified atom stereocenters. The number of rotatable bonds is 2. The molecular weight excluding hydrogens is 322 g/mol. The molecule has 2 saturated heterocycles. The molecular formula is C18H25N3O2S. The SMILES string of the molecule is Cc1ccc(C(=O)N2CCN(C(=O)C3CC34CCNCC4)CC2)s1. The predicted molar refractivity (Wildman–Crippen MR) is 94.2 cm³/mol. The van der Waals surface area contributed by atoms with Gasteiger partial charge in [0.15, 0.2) is 0 Å². The summed E-state index contributed by atoms with van der Waals surface area (Å²) in [7, 11) is 0. The average molecular weight is 347 g/mol. The molecule has 1 atom stereocenters. The van der Waals surface area contributed by atoms with Crippen molar-refractivity contribution in [1.82, 2.24) is 15.1 Å². The van der Waals surface area contributed by atoms with Gasteiger partial charge >= 0.3 is 0 Å². The average Bonchev–Trinajstić information content (AvgIpc) is 3.11. The highest BCUT2D eigenvalue weighted by Crippen LogP contribution is 2.59. The number of carbonyl (C=O) groups is 2. The van der Waals surface area contributed by atoms with Crippen molar-refractivity contribution < 1.29 is 9.59 Å². The number of aryl methyl sites for hydroxylation is 1. The molecule has 3 heterocycles. The molecule has 130 valence electrons. The Kier molecular flexibility index (Phi) is 4.12. The summed E-state index contributed by atoms with van der Waals surface area (Å²) in [6, 6.07) is 3.90. The lowest BCUT2D eigenvalue weighted by Gasteiger charge is -2.35. The van der Waals surface area contributed by atoms with Crippen LogP contribution in [0.4, 0.5) is 0 Å². The first kappa shape index (κ1) is 16.1. The quantitative estimate of drug-likeness (QED) is 0.886. The van der Waals surface area contributed by atoms with E-state index in [0.29, 0.717) is 37.5 Å². The van der Waals surface area contributed by atoms with Gasteiger partial charge in [0.25, 0.3) is 5.91 Å². The van der Waals surface area contributed by atoms with Crippen molar-refractivity contribution in [2.24, 2.45) is 11.3 Å². The number of hydrogen-bond donors (Lipinski definition) is 1. The van der Waals surface area contributed by atoms with E-state index in [1.54, 1.807) is 11.3 Å². The molecule has 0 aromatic carbocycles. The molecule has 2 amide bonds. The van der Waals surface area contributed by atoms with Crippen LogP contribution in [-0.4, -0.2) is 60.9 Å². The maximum Gasteiger partial charge on any atom is 0.264 e.